The van der Waals surface area contributed by atoms with E-state index < -0.39 is 0 Å². The molecule has 5 heteroatoms. The summed E-state index contributed by atoms with van der Waals surface area (Å²) in [6.45, 7) is 3.80. The topological polar surface area (TPSA) is 24.5 Å². The highest BCUT2D eigenvalue weighted by Crippen LogP contribution is 2.36. The van der Waals surface area contributed by atoms with Crippen molar-refractivity contribution in [1.29, 1.82) is 0 Å². The van der Waals surface area contributed by atoms with E-state index in [2.05, 4.69) is 27.0 Å². The molecule has 1 aromatic carbocycles. The number of nitrogens with one attached hydrogen (secondary N) is 1. The van der Waals surface area contributed by atoms with Crippen LogP contribution in [-0.2, 0) is 0 Å². The fourth-order valence-corrected chi connectivity index (χ4v) is 3.56. The fraction of sp³-hybridized carbons (Fsp3) is 0.375. The van der Waals surface area contributed by atoms with Crippen LogP contribution in [0.2, 0.25) is 0 Å². The highest BCUT2D eigenvalue weighted by Gasteiger charge is 2.27. The third kappa shape index (κ3) is 3.10. The van der Waals surface area contributed by atoms with Crippen LogP contribution in [0, 0.1) is 5.82 Å². The molecule has 1 unspecified atom stereocenters. The number of ether oxygens (including phenoxy) is 1. The lowest BCUT2D eigenvalue weighted by Crippen LogP contribution is -2.45. The molecule has 0 saturated carbocycles. The molecule has 0 spiro atoms. The zero-order valence-corrected chi connectivity index (χ0v) is 12.8. The van der Waals surface area contributed by atoms with Gasteiger partial charge in [0.25, 0.3) is 0 Å². The Kier molecular flexibility index (Phi) is 4.53. The number of hydrogen-bond acceptors (Lipinski definition) is 4. The fourth-order valence-electron chi connectivity index (χ4n) is 2.88. The first kappa shape index (κ1) is 14.5. The predicted molar refractivity (Wildman–Crippen MR) is 83.6 cm³/mol. The predicted octanol–water partition coefficient (Wildman–Crippen LogP) is 2.89. The molecule has 0 radical (unpaired) electrons. The summed E-state index contributed by atoms with van der Waals surface area (Å²) < 4.78 is 19.2. The molecule has 0 bridgehead atoms. The quantitative estimate of drug-likeness (QED) is 0.940. The van der Waals surface area contributed by atoms with Crippen LogP contribution in [0.5, 0.6) is 5.75 Å². The van der Waals surface area contributed by atoms with Crippen molar-refractivity contribution in [3.8, 4) is 5.75 Å². The minimum absolute atomic E-state index is 0.0454. The number of nitrogens with zero attached hydrogens (tertiary/aromatic N) is 1. The Hall–Kier alpha value is -1.43. The van der Waals surface area contributed by atoms with Crippen LogP contribution in [0.25, 0.3) is 0 Å². The van der Waals surface area contributed by atoms with E-state index in [1.54, 1.807) is 30.6 Å². The smallest absolute Gasteiger partial charge is 0.124 e. The van der Waals surface area contributed by atoms with E-state index in [0.29, 0.717) is 0 Å². The van der Waals surface area contributed by atoms with Crippen molar-refractivity contribution in [1.82, 2.24) is 10.2 Å². The van der Waals surface area contributed by atoms with Crippen LogP contribution in [0.4, 0.5) is 4.39 Å². The highest BCUT2D eigenvalue weighted by molar-refractivity contribution is 7.08. The Morgan fingerprint density at radius 2 is 2.10 bits per heavy atom. The minimum atomic E-state index is -0.221. The summed E-state index contributed by atoms with van der Waals surface area (Å²) in [7, 11) is 1.64. The number of piperazine rings is 1. The zero-order chi connectivity index (χ0) is 14.7. The number of thiophene rings is 1. The van der Waals surface area contributed by atoms with Crippen molar-refractivity contribution >= 4 is 11.3 Å². The first-order chi connectivity index (χ1) is 10.3. The first-order valence-corrected chi connectivity index (χ1v) is 8.04. The molecule has 1 N–H and O–H groups in total. The molecule has 2 heterocycles. The third-order valence-electron chi connectivity index (χ3n) is 3.86. The standard InChI is InChI=1S/C16H19FN2OS/c1-20-15-3-2-13(17)10-14(15)16(12-4-9-21-11-12)19-7-5-18-6-8-19/h2-4,9-11,16,18H,5-8H2,1H3. The minimum Gasteiger partial charge on any atom is -0.496 e. The van der Waals surface area contributed by atoms with E-state index in [4.69, 9.17) is 4.74 Å². The van der Waals surface area contributed by atoms with Crippen LogP contribution in [-0.4, -0.2) is 38.2 Å². The highest BCUT2D eigenvalue weighted by atomic mass is 32.1. The number of benzene rings is 1. The lowest BCUT2D eigenvalue weighted by molar-refractivity contribution is 0.195. The second-order valence-corrected chi connectivity index (χ2v) is 5.91. The summed E-state index contributed by atoms with van der Waals surface area (Å²) in [6.07, 6.45) is 0. The van der Waals surface area contributed by atoms with Gasteiger partial charge in [0.2, 0.25) is 0 Å². The van der Waals surface area contributed by atoms with Crippen molar-refractivity contribution in [3.63, 3.8) is 0 Å². The molecule has 0 aliphatic carbocycles. The van der Waals surface area contributed by atoms with Gasteiger partial charge in [-0.3, -0.25) is 4.90 Å². The Balaban J connectivity index is 2.04. The van der Waals surface area contributed by atoms with Gasteiger partial charge < -0.3 is 10.1 Å². The number of hydrogen-bond donors (Lipinski definition) is 1. The van der Waals surface area contributed by atoms with Crippen molar-refractivity contribution in [3.05, 3.63) is 52.0 Å². The maximum Gasteiger partial charge on any atom is 0.124 e. The van der Waals surface area contributed by atoms with Crippen LogP contribution in [0.1, 0.15) is 17.2 Å². The Morgan fingerprint density at radius 1 is 1.29 bits per heavy atom. The molecule has 2 aromatic rings. The molecule has 21 heavy (non-hydrogen) atoms. The molecule has 1 aromatic heterocycles. The van der Waals surface area contributed by atoms with Gasteiger partial charge in [-0.05, 0) is 40.6 Å². The summed E-state index contributed by atoms with van der Waals surface area (Å²) in [4.78, 5) is 2.38. The van der Waals surface area contributed by atoms with Gasteiger partial charge in [-0.15, -0.1) is 0 Å². The molecule has 1 fully saturated rings. The van der Waals surface area contributed by atoms with E-state index in [1.807, 2.05) is 0 Å². The van der Waals surface area contributed by atoms with E-state index >= 15 is 0 Å². The molecule has 3 nitrogen and oxygen atoms in total. The number of rotatable bonds is 4. The van der Waals surface area contributed by atoms with Crippen LogP contribution in [0.15, 0.2) is 35.0 Å². The maximum atomic E-state index is 13.8. The number of halogens is 1. The lowest BCUT2D eigenvalue weighted by atomic mass is 9.97. The van der Waals surface area contributed by atoms with Crippen molar-refractivity contribution in [2.24, 2.45) is 0 Å². The van der Waals surface area contributed by atoms with E-state index in [9.17, 15) is 4.39 Å². The Bertz CT molecular complexity index is 582. The summed E-state index contributed by atoms with van der Waals surface area (Å²) in [5.41, 5.74) is 2.10. The van der Waals surface area contributed by atoms with Gasteiger partial charge in [0.15, 0.2) is 0 Å². The molecule has 1 saturated heterocycles. The van der Waals surface area contributed by atoms with Gasteiger partial charge in [-0.2, -0.15) is 11.3 Å². The lowest BCUT2D eigenvalue weighted by Gasteiger charge is -2.35. The largest absolute Gasteiger partial charge is 0.496 e. The van der Waals surface area contributed by atoms with E-state index in [0.717, 1.165) is 37.5 Å². The molecule has 3 rings (SSSR count). The van der Waals surface area contributed by atoms with Crippen LogP contribution >= 0.6 is 11.3 Å². The van der Waals surface area contributed by atoms with Crippen molar-refractivity contribution in [2.45, 2.75) is 6.04 Å². The van der Waals surface area contributed by atoms with Crippen LogP contribution < -0.4 is 10.1 Å². The van der Waals surface area contributed by atoms with Gasteiger partial charge >= 0.3 is 0 Å². The molecule has 1 atom stereocenters. The normalized spacial score (nSPS) is 17.6. The molecular formula is C16H19FN2OS. The van der Waals surface area contributed by atoms with Crippen LogP contribution in [0.3, 0.4) is 0 Å². The van der Waals surface area contributed by atoms with E-state index in [1.165, 1.54) is 11.6 Å². The summed E-state index contributed by atoms with van der Waals surface area (Å²) in [5.74, 6) is 0.521. The molecule has 1 aliphatic rings. The monoisotopic (exact) mass is 306 g/mol. The first-order valence-electron chi connectivity index (χ1n) is 7.10. The van der Waals surface area contributed by atoms with Gasteiger partial charge in [0.05, 0.1) is 13.2 Å². The molecular weight excluding hydrogens is 287 g/mol. The summed E-state index contributed by atoms with van der Waals surface area (Å²) in [6, 6.07) is 6.92. The SMILES string of the molecule is COc1ccc(F)cc1C(c1ccsc1)N1CCNCC1. The van der Waals surface area contributed by atoms with Crippen molar-refractivity contribution < 1.29 is 9.13 Å². The van der Waals surface area contributed by atoms with Gasteiger partial charge in [0, 0.05) is 31.7 Å². The van der Waals surface area contributed by atoms with Gasteiger partial charge in [-0.1, -0.05) is 0 Å². The average molecular weight is 306 g/mol. The van der Waals surface area contributed by atoms with Crippen molar-refractivity contribution in [2.75, 3.05) is 33.3 Å². The molecule has 112 valence electrons. The summed E-state index contributed by atoms with van der Waals surface area (Å²) >= 11 is 1.67. The van der Waals surface area contributed by atoms with Gasteiger partial charge in [0.1, 0.15) is 11.6 Å². The third-order valence-corrected chi connectivity index (χ3v) is 4.56. The maximum absolute atomic E-state index is 13.8. The molecule has 0 amide bonds. The molecule has 1 aliphatic heterocycles. The Morgan fingerprint density at radius 3 is 2.76 bits per heavy atom. The second kappa shape index (κ2) is 6.56. The van der Waals surface area contributed by atoms with Gasteiger partial charge in [-0.25, -0.2) is 4.39 Å². The second-order valence-electron chi connectivity index (χ2n) is 5.13. The zero-order valence-electron chi connectivity index (χ0n) is 12.0. The number of methoxy groups -OCH3 is 1. The Labute approximate surface area is 128 Å². The average Bonchev–Trinajstić information content (AvgIpc) is 3.03. The summed E-state index contributed by atoms with van der Waals surface area (Å²) in [5, 5.41) is 7.56. The van der Waals surface area contributed by atoms with E-state index in [-0.39, 0.29) is 11.9 Å².